The fraction of sp³-hybridized carbons (Fsp3) is 0.267. The number of carbonyl (C=O) groups excluding carboxylic acids is 2. The monoisotopic (exact) mass is 565 g/mol. The molecule has 2 bridgehead atoms. The van der Waals surface area contributed by atoms with Crippen molar-refractivity contribution in [2.24, 2.45) is 5.92 Å². The number of rotatable bonds is 3. The summed E-state index contributed by atoms with van der Waals surface area (Å²) in [6.45, 7) is 1.98. The zero-order chi connectivity index (χ0) is 28.6. The molecule has 0 aliphatic carbocycles. The van der Waals surface area contributed by atoms with Gasteiger partial charge < -0.3 is 15.3 Å². The summed E-state index contributed by atoms with van der Waals surface area (Å²) in [5, 5.41) is 12.5. The molecule has 2 aliphatic rings. The number of hydrogen-bond donors (Lipinski definition) is 2. The van der Waals surface area contributed by atoms with Crippen molar-refractivity contribution in [1.82, 2.24) is 9.88 Å². The molecule has 3 heterocycles. The number of carboxylic acids is 1. The second kappa shape index (κ2) is 11.2. The molecule has 2 aromatic carbocycles. The lowest BCUT2D eigenvalue weighted by molar-refractivity contribution is -0.129. The Hall–Kier alpha value is -4.11. The summed E-state index contributed by atoms with van der Waals surface area (Å²) < 4.78 is 29.2. The largest absolute Gasteiger partial charge is 0.478 e. The molecule has 10 heteroatoms. The summed E-state index contributed by atoms with van der Waals surface area (Å²) in [7, 11) is 0. The number of amides is 2. The van der Waals surface area contributed by atoms with Crippen LogP contribution in [0.25, 0.3) is 16.7 Å². The molecule has 0 radical (unpaired) electrons. The Labute approximate surface area is 234 Å². The van der Waals surface area contributed by atoms with E-state index in [0.717, 1.165) is 12.1 Å². The molecule has 0 spiro atoms. The second-order valence-electron chi connectivity index (χ2n) is 10.0. The molecule has 2 atom stereocenters. The topological polar surface area (TPSA) is 99.6 Å². The van der Waals surface area contributed by atoms with E-state index < -0.39 is 29.6 Å². The standard InChI is InChI=1S/C30H26ClF2N3O4/c1-16-4-2-7-24(36-13-11-18(15-25(36)37)27-21(32)9-8-20(31)28(27)33)23-14-17(10-12-34-23)26-19(30(39)40)5-3-6-22(26)35-29(16)38/h3,5-6,8-10,12,14-16,24H,2,4,7,11,13H2,1H3,(H,35,38)(H,39,40). The van der Waals surface area contributed by atoms with Crippen molar-refractivity contribution >= 4 is 40.6 Å². The van der Waals surface area contributed by atoms with Crippen molar-refractivity contribution in [3.05, 3.63) is 88.2 Å². The van der Waals surface area contributed by atoms with Gasteiger partial charge >= 0.3 is 5.97 Å². The van der Waals surface area contributed by atoms with Crippen LogP contribution in [0.2, 0.25) is 5.02 Å². The highest BCUT2D eigenvalue weighted by molar-refractivity contribution is 6.31. The van der Waals surface area contributed by atoms with Crippen molar-refractivity contribution in [1.29, 1.82) is 0 Å². The number of nitrogens with one attached hydrogen (secondary N) is 1. The Kier molecular flexibility index (Phi) is 7.67. The predicted molar refractivity (Wildman–Crippen MR) is 147 cm³/mol. The Morgan fingerprint density at radius 1 is 1.12 bits per heavy atom. The van der Waals surface area contributed by atoms with Crippen LogP contribution in [0, 0.1) is 17.6 Å². The van der Waals surface area contributed by atoms with Gasteiger partial charge in [0.25, 0.3) is 0 Å². The van der Waals surface area contributed by atoms with Gasteiger partial charge in [-0.1, -0.05) is 31.0 Å². The van der Waals surface area contributed by atoms with Crippen LogP contribution in [0.5, 0.6) is 0 Å². The van der Waals surface area contributed by atoms with Gasteiger partial charge in [-0.05, 0) is 66.8 Å². The maximum Gasteiger partial charge on any atom is 0.336 e. The number of anilines is 1. The van der Waals surface area contributed by atoms with E-state index in [1.54, 1.807) is 42.3 Å². The van der Waals surface area contributed by atoms with Crippen molar-refractivity contribution in [3.63, 3.8) is 0 Å². The van der Waals surface area contributed by atoms with E-state index in [4.69, 9.17) is 11.6 Å². The highest BCUT2D eigenvalue weighted by atomic mass is 35.5. The van der Waals surface area contributed by atoms with E-state index in [-0.39, 0.29) is 46.5 Å². The van der Waals surface area contributed by atoms with Crippen LogP contribution in [-0.4, -0.2) is 39.3 Å². The van der Waals surface area contributed by atoms with Crippen LogP contribution in [0.1, 0.15) is 60.3 Å². The third-order valence-electron chi connectivity index (χ3n) is 7.47. The van der Waals surface area contributed by atoms with Gasteiger partial charge in [0.1, 0.15) is 5.82 Å². The molecule has 7 nitrogen and oxygen atoms in total. The third kappa shape index (κ3) is 5.21. The fourth-order valence-corrected chi connectivity index (χ4v) is 5.54. The highest BCUT2D eigenvalue weighted by Gasteiger charge is 2.31. The first-order chi connectivity index (χ1) is 19.2. The van der Waals surface area contributed by atoms with Gasteiger partial charge in [0.05, 0.1) is 27.9 Å². The Balaban J connectivity index is 1.58. The molecule has 1 aromatic heterocycles. The van der Waals surface area contributed by atoms with E-state index >= 15 is 0 Å². The smallest absolute Gasteiger partial charge is 0.336 e. The van der Waals surface area contributed by atoms with E-state index in [0.29, 0.717) is 41.8 Å². The minimum Gasteiger partial charge on any atom is -0.478 e. The zero-order valence-corrected chi connectivity index (χ0v) is 22.3. The lowest BCUT2D eigenvalue weighted by Gasteiger charge is -2.34. The van der Waals surface area contributed by atoms with Crippen molar-refractivity contribution in [2.45, 2.75) is 38.6 Å². The fourth-order valence-electron chi connectivity index (χ4n) is 5.38. The normalized spacial score (nSPS) is 19.6. The number of benzene rings is 2. The van der Waals surface area contributed by atoms with Gasteiger partial charge in [0.2, 0.25) is 11.8 Å². The van der Waals surface area contributed by atoms with E-state index in [2.05, 4.69) is 10.3 Å². The molecule has 0 saturated heterocycles. The lowest BCUT2D eigenvalue weighted by atomic mass is 9.91. The van der Waals surface area contributed by atoms with Gasteiger partial charge in [-0.3, -0.25) is 14.6 Å². The first-order valence-electron chi connectivity index (χ1n) is 12.9. The average molecular weight is 566 g/mol. The van der Waals surface area contributed by atoms with Crippen molar-refractivity contribution in [2.75, 3.05) is 11.9 Å². The number of halogens is 3. The van der Waals surface area contributed by atoms with E-state index in [1.165, 1.54) is 12.1 Å². The average Bonchev–Trinajstić information content (AvgIpc) is 2.93. The highest BCUT2D eigenvalue weighted by Crippen LogP contribution is 2.38. The molecule has 2 unspecified atom stereocenters. The summed E-state index contributed by atoms with van der Waals surface area (Å²) in [6, 6.07) is 9.79. The van der Waals surface area contributed by atoms with Gasteiger partial charge in [0, 0.05) is 36.0 Å². The number of hydrogen-bond acceptors (Lipinski definition) is 4. The first-order valence-corrected chi connectivity index (χ1v) is 13.3. The van der Waals surface area contributed by atoms with Gasteiger partial charge in [0.15, 0.2) is 5.82 Å². The SMILES string of the molecule is CC1CCCC(N2CCC(c3c(F)ccc(Cl)c3F)=CC2=O)c2cc(ccn2)-c2c(cccc2C(=O)O)NC1=O. The Morgan fingerprint density at radius 3 is 2.67 bits per heavy atom. The molecule has 2 aliphatic heterocycles. The van der Waals surface area contributed by atoms with Crippen LogP contribution < -0.4 is 5.32 Å². The van der Waals surface area contributed by atoms with Gasteiger partial charge in [-0.2, -0.15) is 0 Å². The lowest BCUT2D eigenvalue weighted by Crippen LogP contribution is -2.38. The van der Waals surface area contributed by atoms with Gasteiger partial charge in [-0.15, -0.1) is 0 Å². The van der Waals surface area contributed by atoms with Crippen LogP contribution >= 0.6 is 11.6 Å². The molecular formula is C30H26ClF2N3O4. The van der Waals surface area contributed by atoms with Gasteiger partial charge in [-0.25, -0.2) is 13.6 Å². The minimum atomic E-state index is -1.15. The first kappa shape index (κ1) is 27.5. The minimum absolute atomic E-state index is 0.0170. The maximum absolute atomic E-state index is 14.7. The number of carbonyl (C=O) groups is 3. The van der Waals surface area contributed by atoms with Crippen LogP contribution in [0.4, 0.5) is 14.5 Å². The molecule has 40 heavy (non-hydrogen) atoms. The summed E-state index contributed by atoms with van der Waals surface area (Å²) in [5.74, 6) is -3.88. The molecule has 3 aromatic rings. The number of carboxylic acid groups (broad SMARTS) is 1. The third-order valence-corrected chi connectivity index (χ3v) is 7.76. The number of pyridine rings is 1. The van der Waals surface area contributed by atoms with Crippen LogP contribution in [-0.2, 0) is 9.59 Å². The summed E-state index contributed by atoms with van der Waals surface area (Å²) in [4.78, 5) is 44.6. The van der Waals surface area contributed by atoms with Crippen molar-refractivity contribution in [3.8, 4) is 11.1 Å². The summed E-state index contributed by atoms with van der Waals surface area (Å²) >= 11 is 5.87. The molecule has 2 amide bonds. The molecular weight excluding hydrogens is 540 g/mol. The molecule has 2 N–H and O–H groups in total. The van der Waals surface area contributed by atoms with E-state index in [9.17, 15) is 28.3 Å². The number of fused-ring (bicyclic) bond motifs is 4. The molecule has 5 rings (SSSR count). The molecule has 0 fully saturated rings. The second-order valence-corrected chi connectivity index (χ2v) is 10.4. The number of aromatic carboxylic acids is 1. The predicted octanol–water partition coefficient (Wildman–Crippen LogP) is 6.49. The van der Waals surface area contributed by atoms with Crippen LogP contribution in [0.3, 0.4) is 0 Å². The molecule has 206 valence electrons. The Bertz CT molecular complexity index is 1560. The number of nitrogens with zero attached hydrogens (tertiary/aromatic N) is 2. The van der Waals surface area contributed by atoms with Crippen LogP contribution in [0.15, 0.2) is 54.7 Å². The van der Waals surface area contributed by atoms with Crippen molar-refractivity contribution < 1.29 is 28.3 Å². The maximum atomic E-state index is 14.7. The summed E-state index contributed by atoms with van der Waals surface area (Å²) in [6.07, 6.45) is 4.58. The Morgan fingerprint density at radius 2 is 1.93 bits per heavy atom. The summed E-state index contributed by atoms with van der Waals surface area (Å²) in [5.41, 5.74) is 1.73. The number of aromatic nitrogens is 1. The quantitative estimate of drug-likeness (QED) is 0.353. The molecule has 0 saturated carbocycles. The zero-order valence-electron chi connectivity index (χ0n) is 21.6. The van der Waals surface area contributed by atoms with E-state index in [1.807, 2.05) is 0 Å².